The van der Waals surface area contributed by atoms with Gasteiger partial charge in [-0.3, -0.25) is 5.82 Å². The number of piperidine rings is 7. The molecule has 17 heteroatoms. The van der Waals surface area contributed by atoms with E-state index in [1.807, 2.05) is 0 Å². The second kappa shape index (κ2) is 45.9. The molecule has 7 fully saturated rings. The van der Waals surface area contributed by atoms with E-state index in [0.717, 1.165) is 112 Å². The van der Waals surface area contributed by atoms with Crippen LogP contribution in [0.5, 0.6) is 0 Å². The summed E-state index contributed by atoms with van der Waals surface area (Å²) in [7, 11) is 0. The molecule has 8 rings (SSSR count). The Labute approximate surface area is 491 Å². The van der Waals surface area contributed by atoms with Crippen molar-refractivity contribution >= 4 is 0 Å². The zero-order chi connectivity index (χ0) is 52.4. The van der Waals surface area contributed by atoms with Crippen LogP contribution in [0.3, 0.4) is 0 Å². The van der Waals surface area contributed by atoms with Gasteiger partial charge in [-0.2, -0.15) is 0 Å². The van der Waals surface area contributed by atoms with Crippen molar-refractivity contribution in [2.24, 2.45) is 41.4 Å². The minimum Gasteiger partial charge on any atom is -0.718 e. The van der Waals surface area contributed by atoms with E-state index in [0.29, 0.717) is 0 Å². The van der Waals surface area contributed by atoms with Gasteiger partial charge in [-0.05, 0) is 47.8 Å². The summed E-state index contributed by atoms with van der Waals surface area (Å²) in [6.07, 6.45) is 32.8. The number of allylic oxidation sites excluding steroid dienone is 2. The molecule has 0 bridgehead atoms. The van der Waals surface area contributed by atoms with E-state index in [-0.39, 0.29) is 93.5 Å². The quantitative estimate of drug-likeness (QED) is 0.138. The maximum atomic E-state index is 6.25. The molecular formula is C58H100Co3N14-14. The fourth-order valence-electron chi connectivity index (χ4n) is 11.2. The number of hydrogen-bond acceptors (Lipinski definition) is 2. The molecule has 0 spiro atoms. The third-order valence-electron chi connectivity index (χ3n) is 16.6. The van der Waals surface area contributed by atoms with E-state index in [2.05, 4.69) is 115 Å². The van der Waals surface area contributed by atoms with Crippen LogP contribution in [0.25, 0.3) is 63.8 Å². The standard InChI is InChI=1S/3C14H26N3.C14H22N3.2CN.3Co/c4*1-3-11-5-7-15-13(9-11)17-14-10-12(4-2)6-8-16-14;2*1-2;;;/h3*11-14H,3-10H2,1-2H3;5,9,12,14H,3-4,6-8,10H2,1-2H3;;;;;/q4*-3;2*-1;;;. The summed E-state index contributed by atoms with van der Waals surface area (Å²) in [4.78, 5) is 0. The molecule has 0 amide bonds. The Morgan fingerprint density at radius 2 is 0.613 bits per heavy atom. The van der Waals surface area contributed by atoms with Gasteiger partial charge in [0, 0.05) is 50.3 Å². The molecule has 0 aromatic carbocycles. The maximum absolute atomic E-state index is 6.25. The predicted molar refractivity (Wildman–Crippen MR) is 303 cm³/mol. The molecule has 8 aliphatic rings. The first-order chi connectivity index (χ1) is 35.3. The molecule has 14 atom stereocenters. The average molecular weight is 1170 g/mol. The molecule has 14 unspecified atom stereocenters. The average Bonchev–Trinajstić information content (AvgIpc) is 3.45. The van der Waals surface area contributed by atoms with Crippen molar-refractivity contribution in [3.05, 3.63) is 100 Å². The molecule has 8 heterocycles. The van der Waals surface area contributed by atoms with Gasteiger partial charge in [-0.15, -0.1) is 52.4 Å². The van der Waals surface area contributed by atoms with Crippen LogP contribution in [0.1, 0.15) is 197 Å². The molecule has 0 N–H and O–H groups in total. The van der Waals surface area contributed by atoms with Gasteiger partial charge in [-0.25, -0.2) is 43.2 Å². The Balaban J connectivity index is 0.000000939. The van der Waals surface area contributed by atoms with Crippen LogP contribution in [0.2, 0.25) is 0 Å². The van der Waals surface area contributed by atoms with E-state index < -0.39 is 0 Å². The van der Waals surface area contributed by atoms with Crippen LogP contribution in [0.15, 0.2) is 23.5 Å². The summed E-state index contributed by atoms with van der Waals surface area (Å²) >= 11 is 0. The molecule has 0 aliphatic carbocycles. The molecule has 8 aliphatic heterocycles. The second-order valence-corrected chi connectivity index (χ2v) is 21.4. The topological polar surface area (TPSA) is 217 Å². The SMILES string of the molecule is CCC1=CC[N-]C([N-]C2CC(CC)CC[N-]2)=C1.CCC1CC[N-]C([N-]C2CC(CC)CC[N-]2)C1.CCC1CC[N-]C([N-]C2CC(CC)CC[N-]2)C1.CCC1CC[N-]C([N-]C2CC(CC)CC[N-]2)C1.[C-]#N.[C-]#N.[Co].[Co].[Co]. The third-order valence-corrected chi connectivity index (χ3v) is 16.6. The molecular weight excluding hydrogens is 1070 g/mol. The third kappa shape index (κ3) is 30.0. The van der Waals surface area contributed by atoms with Crippen LogP contribution < -0.4 is 0 Å². The monoisotopic (exact) mass is 1170 g/mol. The first-order valence-electron chi connectivity index (χ1n) is 29.3. The van der Waals surface area contributed by atoms with E-state index in [1.165, 1.54) is 134 Å². The summed E-state index contributed by atoms with van der Waals surface area (Å²) in [6.45, 7) is 35.4. The summed E-state index contributed by atoms with van der Waals surface area (Å²) in [5.74, 6) is 6.73. The Kier molecular flexibility index (Phi) is 45.4. The molecule has 0 aromatic rings. The molecule has 443 valence electrons. The van der Waals surface area contributed by atoms with Crippen LogP contribution in [-0.2, 0) is 50.3 Å². The zero-order valence-corrected chi connectivity index (χ0v) is 50.8. The smallest absolute Gasteiger partial charge is 0 e. The predicted octanol–water partition coefficient (Wildman–Crippen LogP) is 17.8. The van der Waals surface area contributed by atoms with Gasteiger partial charge in [0.2, 0.25) is 0 Å². The molecule has 7 saturated heterocycles. The summed E-state index contributed by atoms with van der Waals surface area (Å²) < 4.78 is 0. The van der Waals surface area contributed by atoms with Crippen LogP contribution in [-0.4, -0.2) is 95.5 Å². The van der Waals surface area contributed by atoms with Crippen molar-refractivity contribution in [2.75, 3.05) is 52.4 Å². The number of nitrogens with zero attached hydrogens (tertiary/aromatic N) is 14. The van der Waals surface area contributed by atoms with E-state index >= 15 is 0 Å². The van der Waals surface area contributed by atoms with Gasteiger partial charge in [0.15, 0.2) is 0 Å². The summed E-state index contributed by atoms with van der Waals surface area (Å²) in [5, 5.41) is 68.6. The summed E-state index contributed by atoms with van der Waals surface area (Å²) in [5.41, 5.74) is 1.35. The Bertz CT molecular complexity index is 1290. The fraction of sp³-hybridized carbons (Fsp3) is 0.897. The van der Waals surface area contributed by atoms with Crippen molar-refractivity contribution in [3.8, 4) is 0 Å². The van der Waals surface area contributed by atoms with Gasteiger partial charge in [0.1, 0.15) is 0 Å². The molecule has 0 aromatic heterocycles. The molecule has 14 nitrogen and oxygen atoms in total. The minimum atomic E-state index is 0. The Morgan fingerprint density at radius 1 is 0.387 bits per heavy atom. The van der Waals surface area contributed by atoms with Crippen molar-refractivity contribution in [1.82, 2.24) is 0 Å². The van der Waals surface area contributed by atoms with E-state index in [4.69, 9.17) is 39.6 Å². The van der Waals surface area contributed by atoms with Crippen LogP contribution in [0.4, 0.5) is 0 Å². The van der Waals surface area contributed by atoms with Crippen molar-refractivity contribution < 1.29 is 50.3 Å². The molecule has 3 radical (unpaired) electrons. The van der Waals surface area contributed by atoms with Crippen molar-refractivity contribution in [2.45, 2.75) is 240 Å². The summed E-state index contributed by atoms with van der Waals surface area (Å²) in [6, 6.07) is 0. The normalized spacial score (nSPS) is 33.3. The fourth-order valence-corrected chi connectivity index (χ4v) is 11.2. The maximum Gasteiger partial charge on any atom is 0 e. The van der Waals surface area contributed by atoms with Gasteiger partial charge in [-0.1, -0.05) is 208 Å². The van der Waals surface area contributed by atoms with E-state index in [1.54, 1.807) is 0 Å². The minimum absolute atomic E-state index is 0. The Morgan fingerprint density at radius 3 is 0.840 bits per heavy atom. The van der Waals surface area contributed by atoms with Crippen molar-refractivity contribution in [3.63, 3.8) is 0 Å². The van der Waals surface area contributed by atoms with E-state index in [9.17, 15) is 0 Å². The van der Waals surface area contributed by atoms with Gasteiger partial charge >= 0.3 is 0 Å². The van der Waals surface area contributed by atoms with Gasteiger partial charge in [0.05, 0.1) is 0 Å². The van der Waals surface area contributed by atoms with Crippen LogP contribution >= 0.6 is 0 Å². The second-order valence-electron chi connectivity index (χ2n) is 21.4. The van der Waals surface area contributed by atoms with Crippen molar-refractivity contribution in [1.29, 1.82) is 10.5 Å². The largest absolute Gasteiger partial charge is 0.718 e. The van der Waals surface area contributed by atoms with Crippen LogP contribution in [0, 0.1) is 65.1 Å². The first-order valence-corrected chi connectivity index (χ1v) is 29.3. The zero-order valence-electron chi connectivity index (χ0n) is 47.7. The first kappa shape index (κ1) is 74.2. The van der Waals surface area contributed by atoms with Gasteiger partial charge in [0.25, 0.3) is 0 Å². The molecule has 75 heavy (non-hydrogen) atoms. The number of rotatable bonds is 16. The van der Waals surface area contributed by atoms with Gasteiger partial charge < -0.3 is 87.5 Å². The molecule has 0 saturated carbocycles. The number of hydrogen-bond donors (Lipinski definition) is 0. The Hall–Kier alpha value is -0.821.